The highest BCUT2D eigenvalue weighted by atomic mass is 16.3. The van der Waals surface area contributed by atoms with Crippen molar-refractivity contribution in [3.8, 4) is 0 Å². The molecular formula is C22H30N4O2. The predicted octanol–water partition coefficient (Wildman–Crippen LogP) is 3.30. The molecule has 2 aliphatic rings. The Morgan fingerprint density at radius 3 is 3.00 bits per heavy atom. The molecule has 0 spiro atoms. The zero-order valence-corrected chi connectivity index (χ0v) is 16.7. The number of piperidine rings is 1. The minimum Gasteiger partial charge on any atom is -0.469 e. The van der Waals surface area contributed by atoms with E-state index in [0.29, 0.717) is 0 Å². The molecule has 0 saturated carbocycles. The Hall–Kier alpha value is -2.37. The maximum Gasteiger partial charge on any atom is 0.225 e. The topological polar surface area (TPSA) is 71.3 Å². The molecule has 2 atom stereocenters. The number of nitrogens with zero attached hydrogens (tertiary/aromatic N) is 3. The van der Waals surface area contributed by atoms with Gasteiger partial charge in [0.2, 0.25) is 11.9 Å². The number of hydrogen-bond acceptors (Lipinski definition) is 5. The van der Waals surface area contributed by atoms with Crippen LogP contribution in [0, 0.1) is 5.92 Å². The number of aromatic nitrogens is 2. The van der Waals surface area contributed by atoms with Crippen LogP contribution in [-0.4, -0.2) is 35.0 Å². The number of anilines is 1. The molecule has 2 aromatic heterocycles. The summed E-state index contributed by atoms with van der Waals surface area (Å²) >= 11 is 0. The van der Waals surface area contributed by atoms with Crippen LogP contribution in [-0.2, 0) is 24.1 Å². The molecule has 1 fully saturated rings. The monoisotopic (exact) mass is 382 g/mol. The molecule has 4 rings (SSSR count). The zero-order valence-electron chi connectivity index (χ0n) is 16.7. The fourth-order valence-electron chi connectivity index (χ4n) is 4.21. The highest BCUT2D eigenvalue weighted by molar-refractivity contribution is 5.79. The standard InChI is InChI=1S/C22H30N4O2/c1-16(7-9-19-6-5-13-28-19)24-21(27)17-8-10-20-18(14-17)15-23-22(25-20)26-11-3-2-4-12-26/h5-6,13,15-17H,2-4,7-12,14H2,1H3,(H,24,27)/t16-,17+/m1/s1. The SMILES string of the molecule is C[C@H](CCc1ccco1)NC(=O)[C@H]1CCc2nc(N3CCCCC3)ncc2C1. The van der Waals surface area contributed by atoms with Crippen LogP contribution < -0.4 is 10.2 Å². The third-order valence-electron chi connectivity index (χ3n) is 5.94. The maximum absolute atomic E-state index is 12.7. The first-order chi connectivity index (χ1) is 13.7. The maximum atomic E-state index is 12.7. The summed E-state index contributed by atoms with van der Waals surface area (Å²) in [6, 6.07) is 4.01. The van der Waals surface area contributed by atoms with Crippen LogP contribution in [0.5, 0.6) is 0 Å². The van der Waals surface area contributed by atoms with E-state index < -0.39 is 0 Å². The molecule has 6 nitrogen and oxygen atoms in total. The molecular weight excluding hydrogens is 352 g/mol. The summed E-state index contributed by atoms with van der Waals surface area (Å²) in [6.45, 7) is 4.17. The lowest BCUT2D eigenvalue weighted by molar-refractivity contribution is -0.126. The molecule has 6 heteroatoms. The van der Waals surface area contributed by atoms with Crippen molar-refractivity contribution in [2.75, 3.05) is 18.0 Å². The molecule has 2 aromatic rings. The van der Waals surface area contributed by atoms with Crippen LogP contribution in [0.25, 0.3) is 0 Å². The Kier molecular flexibility index (Phi) is 5.93. The van der Waals surface area contributed by atoms with E-state index in [1.807, 2.05) is 18.3 Å². The summed E-state index contributed by atoms with van der Waals surface area (Å²) in [7, 11) is 0. The largest absolute Gasteiger partial charge is 0.469 e. The minimum absolute atomic E-state index is 0.0167. The van der Waals surface area contributed by atoms with Gasteiger partial charge in [-0.3, -0.25) is 4.79 Å². The summed E-state index contributed by atoms with van der Waals surface area (Å²) in [5.41, 5.74) is 2.26. The van der Waals surface area contributed by atoms with Gasteiger partial charge in [-0.2, -0.15) is 0 Å². The number of aryl methyl sites for hydroxylation is 2. The van der Waals surface area contributed by atoms with E-state index in [1.165, 1.54) is 19.3 Å². The second kappa shape index (κ2) is 8.76. The van der Waals surface area contributed by atoms with Crippen LogP contribution in [0.15, 0.2) is 29.0 Å². The van der Waals surface area contributed by atoms with Gasteiger partial charge >= 0.3 is 0 Å². The van der Waals surface area contributed by atoms with E-state index in [4.69, 9.17) is 9.40 Å². The number of amides is 1. The molecule has 0 aromatic carbocycles. The number of carbonyl (C=O) groups excluding carboxylic acids is 1. The number of hydrogen-bond donors (Lipinski definition) is 1. The van der Waals surface area contributed by atoms with Crippen LogP contribution >= 0.6 is 0 Å². The molecule has 3 heterocycles. The fraction of sp³-hybridized carbons (Fsp3) is 0.591. The Morgan fingerprint density at radius 2 is 2.21 bits per heavy atom. The molecule has 1 saturated heterocycles. The lowest BCUT2D eigenvalue weighted by atomic mass is 9.86. The van der Waals surface area contributed by atoms with E-state index >= 15 is 0 Å². The Morgan fingerprint density at radius 1 is 1.36 bits per heavy atom. The summed E-state index contributed by atoms with van der Waals surface area (Å²) in [5.74, 6) is 2.00. The van der Waals surface area contributed by atoms with E-state index in [1.54, 1.807) is 6.26 Å². The number of furan rings is 1. The van der Waals surface area contributed by atoms with Crippen LogP contribution in [0.1, 0.15) is 56.0 Å². The molecule has 1 amide bonds. The van der Waals surface area contributed by atoms with E-state index in [0.717, 1.165) is 68.2 Å². The normalized spacial score (nSPS) is 20.5. The van der Waals surface area contributed by atoms with Crippen LogP contribution in [0.4, 0.5) is 5.95 Å². The Balaban J connectivity index is 1.31. The van der Waals surface area contributed by atoms with Gasteiger partial charge in [0.05, 0.1) is 6.26 Å². The lowest BCUT2D eigenvalue weighted by Crippen LogP contribution is -2.39. The van der Waals surface area contributed by atoms with Crippen molar-refractivity contribution >= 4 is 11.9 Å². The average molecular weight is 383 g/mol. The molecule has 1 aliphatic carbocycles. The summed E-state index contributed by atoms with van der Waals surface area (Å²) in [6.07, 6.45) is 11.6. The van der Waals surface area contributed by atoms with E-state index in [2.05, 4.69) is 22.1 Å². The number of rotatable bonds is 6. The van der Waals surface area contributed by atoms with Crippen molar-refractivity contribution in [3.05, 3.63) is 41.6 Å². The Bertz CT molecular complexity index is 784. The second-order valence-corrected chi connectivity index (χ2v) is 8.16. The number of carbonyl (C=O) groups is 1. The van der Waals surface area contributed by atoms with Gasteiger partial charge in [-0.15, -0.1) is 0 Å². The first-order valence-electron chi connectivity index (χ1n) is 10.6. The number of fused-ring (bicyclic) bond motifs is 1. The quantitative estimate of drug-likeness (QED) is 0.830. The minimum atomic E-state index is 0.0167. The van der Waals surface area contributed by atoms with E-state index in [-0.39, 0.29) is 17.9 Å². The first kappa shape index (κ1) is 19.0. The average Bonchev–Trinajstić information content (AvgIpc) is 3.26. The van der Waals surface area contributed by atoms with Gasteiger partial charge in [0.1, 0.15) is 5.76 Å². The predicted molar refractivity (Wildman–Crippen MR) is 108 cm³/mol. The van der Waals surface area contributed by atoms with Crippen molar-refractivity contribution in [2.24, 2.45) is 5.92 Å². The van der Waals surface area contributed by atoms with Gasteiger partial charge < -0.3 is 14.6 Å². The third-order valence-corrected chi connectivity index (χ3v) is 5.94. The molecule has 1 N–H and O–H groups in total. The molecule has 28 heavy (non-hydrogen) atoms. The van der Waals surface area contributed by atoms with Gasteiger partial charge in [0.15, 0.2) is 0 Å². The van der Waals surface area contributed by atoms with Crippen LogP contribution in [0.3, 0.4) is 0 Å². The number of nitrogens with one attached hydrogen (secondary N) is 1. The molecule has 0 radical (unpaired) electrons. The van der Waals surface area contributed by atoms with Gasteiger partial charge in [0, 0.05) is 43.4 Å². The lowest BCUT2D eigenvalue weighted by Gasteiger charge is -2.29. The van der Waals surface area contributed by atoms with Gasteiger partial charge in [0.25, 0.3) is 0 Å². The summed E-state index contributed by atoms with van der Waals surface area (Å²) < 4.78 is 5.37. The smallest absolute Gasteiger partial charge is 0.225 e. The van der Waals surface area contributed by atoms with Crippen molar-refractivity contribution < 1.29 is 9.21 Å². The van der Waals surface area contributed by atoms with Crippen molar-refractivity contribution in [1.29, 1.82) is 0 Å². The summed E-state index contributed by atoms with van der Waals surface area (Å²) in [5, 5.41) is 3.18. The molecule has 150 valence electrons. The third kappa shape index (κ3) is 4.54. The highest BCUT2D eigenvalue weighted by Crippen LogP contribution is 2.26. The highest BCUT2D eigenvalue weighted by Gasteiger charge is 2.27. The van der Waals surface area contributed by atoms with Crippen LogP contribution in [0.2, 0.25) is 0 Å². The van der Waals surface area contributed by atoms with Gasteiger partial charge in [-0.05, 0) is 69.6 Å². The van der Waals surface area contributed by atoms with Crippen molar-refractivity contribution in [3.63, 3.8) is 0 Å². The fourth-order valence-corrected chi connectivity index (χ4v) is 4.21. The van der Waals surface area contributed by atoms with E-state index in [9.17, 15) is 4.79 Å². The zero-order chi connectivity index (χ0) is 19.3. The Labute approximate surface area is 166 Å². The molecule has 0 bridgehead atoms. The summed E-state index contributed by atoms with van der Waals surface area (Å²) in [4.78, 5) is 24.4. The molecule has 1 aliphatic heterocycles. The molecule has 0 unspecified atom stereocenters. The van der Waals surface area contributed by atoms with Gasteiger partial charge in [-0.1, -0.05) is 0 Å². The van der Waals surface area contributed by atoms with Crippen molar-refractivity contribution in [2.45, 2.75) is 64.3 Å². The second-order valence-electron chi connectivity index (χ2n) is 8.16. The van der Waals surface area contributed by atoms with Crippen molar-refractivity contribution in [1.82, 2.24) is 15.3 Å². The van der Waals surface area contributed by atoms with Gasteiger partial charge in [-0.25, -0.2) is 9.97 Å². The first-order valence-corrected chi connectivity index (χ1v) is 10.6.